The number of carboxylic acids is 1. The van der Waals surface area contributed by atoms with E-state index in [1.807, 2.05) is 24.0 Å². The van der Waals surface area contributed by atoms with Crippen molar-refractivity contribution in [3.63, 3.8) is 0 Å². The molecule has 1 aliphatic heterocycles. The van der Waals surface area contributed by atoms with E-state index in [9.17, 15) is 19.5 Å². The van der Waals surface area contributed by atoms with Gasteiger partial charge in [-0.2, -0.15) is 0 Å². The number of benzene rings is 1. The number of nitrogens with zero attached hydrogens (tertiary/aromatic N) is 1. The van der Waals surface area contributed by atoms with E-state index in [4.69, 9.17) is 9.47 Å². The zero-order valence-corrected chi connectivity index (χ0v) is 22.1. The molecule has 8 heteroatoms. The maximum absolute atomic E-state index is 13.4. The number of rotatable bonds is 9. The van der Waals surface area contributed by atoms with E-state index in [1.54, 1.807) is 6.08 Å². The third-order valence-electron chi connectivity index (χ3n) is 6.65. The summed E-state index contributed by atoms with van der Waals surface area (Å²) < 4.78 is 12.6. The quantitative estimate of drug-likeness (QED) is 0.314. The molecule has 0 saturated heterocycles. The largest absolute Gasteiger partial charge is 0.490 e. The fraction of sp³-hybridized carbons (Fsp3) is 0.444. The molecular formula is C27H30INO6. The SMILES string of the molecule is C=CCOc1c(I)cc(C2C3=C(CCCC3=O)N(CCC(=O)O)C3=C2C(=O)CCC3)cc1OCC. The minimum Gasteiger partial charge on any atom is -0.490 e. The van der Waals surface area contributed by atoms with Gasteiger partial charge in [0.1, 0.15) is 6.61 Å². The summed E-state index contributed by atoms with van der Waals surface area (Å²) in [5, 5.41) is 9.34. The smallest absolute Gasteiger partial charge is 0.305 e. The van der Waals surface area contributed by atoms with E-state index in [0.29, 0.717) is 61.5 Å². The van der Waals surface area contributed by atoms with Crippen LogP contribution in [0.25, 0.3) is 0 Å². The molecule has 1 aromatic carbocycles. The van der Waals surface area contributed by atoms with Crippen molar-refractivity contribution >= 4 is 40.1 Å². The standard InChI is InChI=1S/C27H30INO6/c1-3-13-35-27-17(28)14-16(15-22(27)34-4-2)24-25-18(7-5-9-20(25)30)29(12-11-23(32)33)19-8-6-10-21(31)26(19)24/h3,14-15,24H,1,4-13H2,2H3,(H,32,33). The van der Waals surface area contributed by atoms with Crippen LogP contribution in [0.15, 0.2) is 47.3 Å². The Morgan fingerprint density at radius 2 is 1.74 bits per heavy atom. The van der Waals surface area contributed by atoms with Crippen LogP contribution in [0.4, 0.5) is 0 Å². The average molecular weight is 591 g/mol. The van der Waals surface area contributed by atoms with E-state index in [1.165, 1.54) is 0 Å². The van der Waals surface area contributed by atoms with E-state index >= 15 is 0 Å². The van der Waals surface area contributed by atoms with Gasteiger partial charge in [0, 0.05) is 47.8 Å². The van der Waals surface area contributed by atoms with Crippen LogP contribution in [0, 0.1) is 3.57 Å². The van der Waals surface area contributed by atoms with Crippen molar-refractivity contribution < 1.29 is 29.0 Å². The molecule has 0 fully saturated rings. The third-order valence-corrected chi connectivity index (χ3v) is 7.45. The highest BCUT2D eigenvalue weighted by Crippen LogP contribution is 2.50. The lowest BCUT2D eigenvalue weighted by molar-refractivity contribution is -0.137. The number of ether oxygens (including phenoxy) is 2. The molecule has 1 heterocycles. The van der Waals surface area contributed by atoms with Gasteiger partial charge in [0.25, 0.3) is 0 Å². The zero-order valence-electron chi connectivity index (χ0n) is 19.9. The van der Waals surface area contributed by atoms with Crippen LogP contribution in [0.2, 0.25) is 0 Å². The second-order valence-corrected chi connectivity index (χ2v) is 10.0. The lowest BCUT2D eigenvalue weighted by Gasteiger charge is -2.44. The maximum atomic E-state index is 13.4. The van der Waals surface area contributed by atoms with Gasteiger partial charge in [-0.05, 0) is 72.9 Å². The van der Waals surface area contributed by atoms with Gasteiger partial charge in [0.05, 0.1) is 16.6 Å². The van der Waals surface area contributed by atoms with Crippen LogP contribution in [0.1, 0.15) is 63.4 Å². The summed E-state index contributed by atoms with van der Waals surface area (Å²) in [5.41, 5.74) is 3.84. The van der Waals surface area contributed by atoms with Crippen LogP contribution in [0.3, 0.4) is 0 Å². The molecule has 2 aliphatic carbocycles. The second kappa shape index (κ2) is 11.0. The number of halogens is 1. The normalized spacial score (nSPS) is 18.4. The Balaban J connectivity index is 1.91. The molecule has 0 radical (unpaired) electrons. The van der Waals surface area contributed by atoms with Gasteiger partial charge in [-0.3, -0.25) is 14.4 Å². The number of aliphatic carboxylic acids is 1. The Morgan fingerprint density at radius 3 is 2.29 bits per heavy atom. The van der Waals surface area contributed by atoms with Gasteiger partial charge in [-0.15, -0.1) is 0 Å². The number of allylic oxidation sites excluding steroid dienone is 4. The fourth-order valence-corrected chi connectivity index (χ4v) is 6.11. The summed E-state index contributed by atoms with van der Waals surface area (Å²) in [6, 6.07) is 3.86. The highest BCUT2D eigenvalue weighted by Gasteiger charge is 2.43. The molecule has 186 valence electrons. The molecule has 0 spiro atoms. The number of carbonyl (C=O) groups is 3. The monoisotopic (exact) mass is 591 g/mol. The van der Waals surface area contributed by atoms with Gasteiger partial charge < -0.3 is 19.5 Å². The Kier molecular flexibility index (Phi) is 7.98. The molecule has 0 aromatic heterocycles. The molecule has 3 aliphatic rings. The minimum atomic E-state index is -0.897. The number of hydrogen-bond acceptors (Lipinski definition) is 6. The molecule has 7 nitrogen and oxygen atoms in total. The number of carboxylic acid groups (broad SMARTS) is 1. The molecular weight excluding hydrogens is 561 g/mol. The molecule has 0 bridgehead atoms. The summed E-state index contributed by atoms with van der Waals surface area (Å²) in [7, 11) is 0. The van der Waals surface area contributed by atoms with E-state index < -0.39 is 11.9 Å². The lowest BCUT2D eigenvalue weighted by atomic mass is 9.71. The van der Waals surface area contributed by atoms with Crippen LogP contribution < -0.4 is 9.47 Å². The van der Waals surface area contributed by atoms with Gasteiger partial charge in [-0.1, -0.05) is 12.7 Å². The molecule has 35 heavy (non-hydrogen) atoms. The van der Waals surface area contributed by atoms with Crippen LogP contribution in [-0.4, -0.2) is 47.3 Å². The van der Waals surface area contributed by atoms with Crippen LogP contribution in [0.5, 0.6) is 11.5 Å². The topological polar surface area (TPSA) is 93.1 Å². The lowest BCUT2D eigenvalue weighted by Crippen LogP contribution is -2.40. The number of carbonyl (C=O) groups excluding carboxylic acids is 2. The van der Waals surface area contributed by atoms with Gasteiger partial charge >= 0.3 is 5.97 Å². The number of ketones is 2. The zero-order chi connectivity index (χ0) is 25.1. The Hall–Kier alpha value is -2.62. The average Bonchev–Trinajstić information content (AvgIpc) is 2.82. The molecule has 4 rings (SSSR count). The predicted molar refractivity (Wildman–Crippen MR) is 139 cm³/mol. The Morgan fingerprint density at radius 1 is 1.11 bits per heavy atom. The molecule has 1 aromatic rings. The predicted octanol–water partition coefficient (Wildman–Crippen LogP) is 5.14. The summed E-state index contributed by atoms with van der Waals surface area (Å²) in [6.07, 6.45) is 5.30. The maximum Gasteiger partial charge on any atom is 0.305 e. The summed E-state index contributed by atoms with van der Waals surface area (Å²) in [6.45, 7) is 6.65. The number of hydrogen-bond donors (Lipinski definition) is 1. The highest BCUT2D eigenvalue weighted by atomic mass is 127. The first-order valence-electron chi connectivity index (χ1n) is 12.1. The first kappa shape index (κ1) is 25.5. The Bertz CT molecular complexity index is 1090. The van der Waals surface area contributed by atoms with Crippen molar-refractivity contribution in [1.29, 1.82) is 0 Å². The summed E-state index contributed by atoms with van der Waals surface area (Å²) in [5.74, 6) is -0.138. The first-order valence-corrected chi connectivity index (χ1v) is 13.2. The van der Waals surface area contributed by atoms with Crippen molar-refractivity contribution in [3.8, 4) is 11.5 Å². The summed E-state index contributed by atoms with van der Waals surface area (Å²) >= 11 is 2.20. The highest BCUT2D eigenvalue weighted by molar-refractivity contribution is 14.1. The van der Waals surface area contributed by atoms with E-state index in [-0.39, 0.29) is 24.5 Å². The second-order valence-electron chi connectivity index (χ2n) is 8.87. The van der Waals surface area contributed by atoms with Gasteiger partial charge in [0.2, 0.25) is 0 Å². The fourth-order valence-electron chi connectivity index (χ4n) is 5.33. The van der Waals surface area contributed by atoms with E-state index in [2.05, 4.69) is 29.2 Å². The van der Waals surface area contributed by atoms with Gasteiger partial charge in [-0.25, -0.2) is 0 Å². The Labute approximate surface area is 219 Å². The summed E-state index contributed by atoms with van der Waals surface area (Å²) in [4.78, 5) is 40.1. The van der Waals surface area contributed by atoms with Crippen molar-refractivity contribution in [2.24, 2.45) is 0 Å². The number of Topliss-reactive ketones (excluding diaryl/α,β-unsaturated/α-hetero) is 2. The van der Waals surface area contributed by atoms with Crippen LogP contribution >= 0.6 is 22.6 Å². The van der Waals surface area contributed by atoms with Gasteiger partial charge in [0.15, 0.2) is 23.1 Å². The minimum absolute atomic E-state index is 0.0291. The van der Waals surface area contributed by atoms with Crippen molar-refractivity contribution in [1.82, 2.24) is 4.90 Å². The van der Waals surface area contributed by atoms with Crippen molar-refractivity contribution in [2.45, 2.75) is 57.8 Å². The first-order chi connectivity index (χ1) is 16.9. The van der Waals surface area contributed by atoms with Crippen LogP contribution in [-0.2, 0) is 14.4 Å². The molecule has 1 N–H and O–H groups in total. The van der Waals surface area contributed by atoms with Crippen molar-refractivity contribution in [3.05, 3.63) is 56.5 Å². The third kappa shape index (κ3) is 5.03. The van der Waals surface area contributed by atoms with Crippen molar-refractivity contribution in [2.75, 3.05) is 19.8 Å². The molecule has 0 amide bonds. The molecule has 0 atom stereocenters. The molecule has 0 unspecified atom stereocenters. The van der Waals surface area contributed by atoms with E-state index in [0.717, 1.165) is 33.4 Å². The molecule has 0 saturated carbocycles.